The molecule has 1 aliphatic heterocycles. The van der Waals surface area contributed by atoms with Gasteiger partial charge >= 0.3 is 0 Å². The lowest BCUT2D eigenvalue weighted by Gasteiger charge is -2.29. The Kier molecular flexibility index (Phi) is 8.81. The van der Waals surface area contributed by atoms with Gasteiger partial charge in [0.25, 0.3) is 0 Å². The first-order valence-corrected chi connectivity index (χ1v) is 11.3. The van der Waals surface area contributed by atoms with Crippen molar-refractivity contribution in [1.29, 1.82) is 0 Å². The molecule has 1 aromatic carbocycles. The van der Waals surface area contributed by atoms with E-state index in [0.29, 0.717) is 25.0 Å². The predicted octanol–water partition coefficient (Wildman–Crippen LogP) is 2.83. The summed E-state index contributed by atoms with van der Waals surface area (Å²) in [5, 5.41) is 9.93. The Labute approximate surface area is 175 Å². The maximum Gasteiger partial charge on any atom is 0.221 e. The highest BCUT2D eigenvalue weighted by Gasteiger charge is 2.23. The Morgan fingerprint density at radius 1 is 1.07 bits per heavy atom. The molecule has 1 atom stereocenters. The quantitative estimate of drug-likeness (QED) is 0.464. The minimum atomic E-state index is 0.138. The third kappa shape index (κ3) is 7.03. The van der Waals surface area contributed by atoms with Crippen LogP contribution in [0.25, 0.3) is 0 Å². The molecule has 1 amide bonds. The van der Waals surface area contributed by atoms with E-state index in [1.807, 2.05) is 0 Å². The highest BCUT2D eigenvalue weighted by molar-refractivity contribution is 5.81. The first-order valence-electron chi connectivity index (χ1n) is 11.3. The molecule has 160 valence electrons. The first-order chi connectivity index (χ1) is 14.3. The summed E-state index contributed by atoms with van der Waals surface area (Å²) < 4.78 is 0. The van der Waals surface area contributed by atoms with Crippen LogP contribution in [0.1, 0.15) is 63.0 Å². The fourth-order valence-electron chi connectivity index (χ4n) is 4.44. The van der Waals surface area contributed by atoms with Crippen LogP contribution >= 0.6 is 0 Å². The number of carbonyl (C=O) groups is 1. The molecule has 0 spiro atoms. The standard InChI is InChI=1S/C23H37N5O/c1-24-23(25-15-14-22(29)27-20-12-6-3-7-13-20)26-18-21(28-16-8-9-17-28)19-10-4-2-5-11-19/h2,4-5,10-11,20-21H,3,6-9,12-18H2,1H3,(H,27,29)(H2,24,25,26). The molecule has 6 heteroatoms. The van der Waals surface area contributed by atoms with Gasteiger partial charge in [0.15, 0.2) is 5.96 Å². The number of hydrogen-bond donors (Lipinski definition) is 3. The Morgan fingerprint density at radius 3 is 2.48 bits per heavy atom. The molecule has 2 aliphatic rings. The Bertz CT molecular complexity index is 636. The van der Waals surface area contributed by atoms with Crippen LogP contribution in [0.15, 0.2) is 35.3 Å². The molecule has 3 rings (SSSR count). The van der Waals surface area contributed by atoms with E-state index in [0.717, 1.165) is 38.4 Å². The van der Waals surface area contributed by atoms with Crippen LogP contribution in [-0.4, -0.2) is 56.0 Å². The van der Waals surface area contributed by atoms with E-state index in [-0.39, 0.29) is 5.91 Å². The molecule has 1 unspecified atom stereocenters. The van der Waals surface area contributed by atoms with Gasteiger partial charge in [-0.15, -0.1) is 0 Å². The van der Waals surface area contributed by atoms with E-state index in [2.05, 4.69) is 56.2 Å². The summed E-state index contributed by atoms with van der Waals surface area (Å²) in [6.45, 7) is 3.69. The molecule has 6 nitrogen and oxygen atoms in total. The van der Waals surface area contributed by atoms with Crippen LogP contribution < -0.4 is 16.0 Å². The molecular formula is C23H37N5O. The van der Waals surface area contributed by atoms with Gasteiger partial charge in [0.1, 0.15) is 0 Å². The van der Waals surface area contributed by atoms with Crippen molar-refractivity contribution >= 4 is 11.9 Å². The number of aliphatic imine (C=N–C) groups is 1. The minimum absolute atomic E-state index is 0.138. The second kappa shape index (κ2) is 11.8. The molecule has 29 heavy (non-hydrogen) atoms. The number of likely N-dealkylation sites (tertiary alicyclic amines) is 1. The van der Waals surface area contributed by atoms with E-state index in [1.54, 1.807) is 7.05 Å². The van der Waals surface area contributed by atoms with Gasteiger partial charge in [-0.2, -0.15) is 0 Å². The Hall–Kier alpha value is -2.08. The summed E-state index contributed by atoms with van der Waals surface area (Å²) in [4.78, 5) is 19.1. The molecule has 1 aromatic rings. The van der Waals surface area contributed by atoms with Crippen molar-refractivity contribution in [2.24, 2.45) is 4.99 Å². The lowest BCUT2D eigenvalue weighted by Crippen LogP contribution is -2.44. The van der Waals surface area contributed by atoms with Crippen molar-refractivity contribution in [3.05, 3.63) is 35.9 Å². The molecule has 1 saturated carbocycles. The summed E-state index contributed by atoms with van der Waals surface area (Å²) >= 11 is 0. The SMILES string of the molecule is CN=C(NCCC(=O)NC1CCCCC1)NCC(c1ccccc1)N1CCCC1. The third-order valence-corrected chi connectivity index (χ3v) is 6.07. The molecule has 1 saturated heterocycles. The van der Waals surface area contributed by atoms with Gasteiger partial charge in [0.05, 0.1) is 6.04 Å². The van der Waals surface area contributed by atoms with Gasteiger partial charge in [0.2, 0.25) is 5.91 Å². The Morgan fingerprint density at radius 2 is 1.79 bits per heavy atom. The van der Waals surface area contributed by atoms with Gasteiger partial charge in [-0.05, 0) is 44.3 Å². The zero-order valence-electron chi connectivity index (χ0n) is 17.8. The number of amides is 1. The topological polar surface area (TPSA) is 68.8 Å². The molecule has 0 radical (unpaired) electrons. The lowest BCUT2D eigenvalue weighted by molar-refractivity contribution is -0.121. The minimum Gasteiger partial charge on any atom is -0.356 e. The van der Waals surface area contributed by atoms with E-state index in [1.165, 1.54) is 37.7 Å². The normalized spacial score (nSPS) is 19.7. The van der Waals surface area contributed by atoms with Crippen molar-refractivity contribution in [3.63, 3.8) is 0 Å². The molecule has 1 aliphatic carbocycles. The van der Waals surface area contributed by atoms with E-state index >= 15 is 0 Å². The van der Waals surface area contributed by atoms with Crippen LogP contribution in [0.4, 0.5) is 0 Å². The fourth-order valence-corrected chi connectivity index (χ4v) is 4.44. The van der Waals surface area contributed by atoms with Crippen LogP contribution in [0.3, 0.4) is 0 Å². The first kappa shape index (κ1) is 21.6. The molecule has 3 N–H and O–H groups in total. The van der Waals surface area contributed by atoms with Gasteiger partial charge < -0.3 is 16.0 Å². The number of nitrogens with one attached hydrogen (secondary N) is 3. The van der Waals surface area contributed by atoms with Gasteiger partial charge in [-0.1, -0.05) is 49.6 Å². The molecule has 0 bridgehead atoms. The van der Waals surface area contributed by atoms with Crippen molar-refractivity contribution in [2.75, 3.05) is 33.2 Å². The number of rotatable bonds is 8. The molecule has 0 aromatic heterocycles. The average Bonchev–Trinajstić information content (AvgIpc) is 3.28. The largest absolute Gasteiger partial charge is 0.356 e. The number of hydrogen-bond acceptors (Lipinski definition) is 3. The second-order valence-corrected chi connectivity index (χ2v) is 8.20. The highest BCUT2D eigenvalue weighted by atomic mass is 16.1. The maximum absolute atomic E-state index is 12.2. The van der Waals surface area contributed by atoms with Crippen molar-refractivity contribution in [2.45, 2.75) is 63.5 Å². The van der Waals surface area contributed by atoms with E-state index in [4.69, 9.17) is 0 Å². The number of nitrogens with zero attached hydrogens (tertiary/aromatic N) is 2. The van der Waals surface area contributed by atoms with E-state index in [9.17, 15) is 4.79 Å². The van der Waals surface area contributed by atoms with Crippen molar-refractivity contribution in [3.8, 4) is 0 Å². The second-order valence-electron chi connectivity index (χ2n) is 8.20. The molecule has 1 heterocycles. The summed E-state index contributed by atoms with van der Waals surface area (Å²) in [5.74, 6) is 0.898. The number of guanidine groups is 1. The van der Waals surface area contributed by atoms with Crippen molar-refractivity contribution in [1.82, 2.24) is 20.9 Å². The monoisotopic (exact) mass is 399 g/mol. The molecular weight excluding hydrogens is 362 g/mol. The molecule has 2 fully saturated rings. The van der Waals surface area contributed by atoms with Gasteiger partial charge in [-0.25, -0.2) is 0 Å². The Balaban J connectivity index is 1.43. The summed E-state index contributed by atoms with van der Waals surface area (Å²) in [6.07, 6.45) is 9.04. The third-order valence-electron chi connectivity index (χ3n) is 6.07. The average molecular weight is 400 g/mol. The van der Waals surface area contributed by atoms with Gasteiger partial charge in [-0.3, -0.25) is 14.7 Å². The van der Waals surface area contributed by atoms with Crippen LogP contribution in [0, 0.1) is 0 Å². The number of carbonyl (C=O) groups excluding carboxylic acids is 1. The smallest absolute Gasteiger partial charge is 0.221 e. The highest BCUT2D eigenvalue weighted by Crippen LogP contribution is 2.24. The predicted molar refractivity (Wildman–Crippen MR) is 119 cm³/mol. The fraction of sp³-hybridized carbons (Fsp3) is 0.652. The summed E-state index contributed by atoms with van der Waals surface area (Å²) in [7, 11) is 1.78. The van der Waals surface area contributed by atoms with Crippen LogP contribution in [0.5, 0.6) is 0 Å². The van der Waals surface area contributed by atoms with E-state index < -0.39 is 0 Å². The zero-order chi connectivity index (χ0) is 20.3. The summed E-state index contributed by atoms with van der Waals surface area (Å²) in [5.41, 5.74) is 1.34. The number of benzene rings is 1. The zero-order valence-corrected chi connectivity index (χ0v) is 17.8. The van der Waals surface area contributed by atoms with Crippen molar-refractivity contribution < 1.29 is 4.79 Å². The van der Waals surface area contributed by atoms with Crippen LogP contribution in [0.2, 0.25) is 0 Å². The lowest BCUT2D eigenvalue weighted by atomic mass is 9.95. The van der Waals surface area contributed by atoms with Crippen LogP contribution in [-0.2, 0) is 4.79 Å². The van der Waals surface area contributed by atoms with Gasteiger partial charge in [0, 0.05) is 32.6 Å². The summed E-state index contributed by atoms with van der Waals surface area (Å²) in [6, 6.07) is 11.4. The maximum atomic E-state index is 12.2.